The number of aliphatic imine (C=N–C) groups is 1. The van der Waals surface area contributed by atoms with Crippen LogP contribution in [0.15, 0.2) is 52.1 Å². The van der Waals surface area contributed by atoms with Crippen molar-refractivity contribution < 1.29 is 24.2 Å². The number of carbonyl (C=O) groups excluding carboxylic acids is 2. The molecule has 0 radical (unpaired) electrons. The van der Waals surface area contributed by atoms with Crippen LogP contribution in [0.1, 0.15) is 36.3 Å². The van der Waals surface area contributed by atoms with Gasteiger partial charge in [-0.1, -0.05) is 25.0 Å². The Labute approximate surface area is 243 Å². The maximum atomic E-state index is 12.5. The number of piperazine rings is 1. The Kier molecular flexibility index (Phi) is 8.69. The molecule has 0 spiro atoms. The van der Waals surface area contributed by atoms with Gasteiger partial charge in [-0.25, -0.2) is 9.78 Å². The van der Waals surface area contributed by atoms with Gasteiger partial charge in [-0.2, -0.15) is 0 Å². The van der Waals surface area contributed by atoms with E-state index in [2.05, 4.69) is 25.1 Å². The molecule has 218 valence electrons. The maximum Gasteiger partial charge on any atom is 0.337 e. The summed E-state index contributed by atoms with van der Waals surface area (Å²) in [6.45, 7) is 3.13. The molecule has 11 nitrogen and oxygen atoms in total. The highest BCUT2D eigenvalue weighted by molar-refractivity contribution is 7.11. The van der Waals surface area contributed by atoms with Crippen molar-refractivity contribution in [3.05, 3.63) is 57.7 Å². The molecule has 2 aromatic rings. The standard InChI is InChI=1S/C29H36N6O5S/c1-33(21-7-5-20(6-8-21)29(28(38)39)9-3-4-10-29)16-22-17-34(12-13-35(22)19-36)18-24-23(27(37)40-2)15-31-25(32-24)26-30-11-14-41-26/h5-8,11,14,19,22H,3-4,9-10,12-13,15-18H2,1-2H3,(H,31,32)(H,38,39). The molecule has 1 atom stereocenters. The summed E-state index contributed by atoms with van der Waals surface area (Å²) in [6.07, 6.45) is 5.82. The lowest BCUT2D eigenvalue weighted by atomic mass is 9.79. The molecule has 1 amide bonds. The summed E-state index contributed by atoms with van der Waals surface area (Å²) in [5, 5.41) is 15.9. The van der Waals surface area contributed by atoms with Crippen molar-refractivity contribution in [2.75, 3.05) is 58.3 Å². The number of likely N-dealkylation sites (N-methyl/N-ethyl adjacent to an activating group) is 1. The van der Waals surface area contributed by atoms with E-state index in [1.54, 1.807) is 6.20 Å². The predicted molar refractivity (Wildman–Crippen MR) is 156 cm³/mol. The van der Waals surface area contributed by atoms with Gasteiger partial charge in [0.05, 0.1) is 30.7 Å². The van der Waals surface area contributed by atoms with Gasteiger partial charge in [0.15, 0.2) is 10.8 Å². The van der Waals surface area contributed by atoms with Crippen molar-refractivity contribution >= 4 is 41.2 Å². The van der Waals surface area contributed by atoms with Crippen molar-refractivity contribution in [1.82, 2.24) is 20.1 Å². The number of methoxy groups -OCH3 is 1. The molecule has 41 heavy (non-hydrogen) atoms. The second-order valence-corrected chi connectivity index (χ2v) is 11.7. The first-order valence-corrected chi connectivity index (χ1v) is 14.7. The zero-order valence-electron chi connectivity index (χ0n) is 23.4. The number of esters is 1. The van der Waals surface area contributed by atoms with Gasteiger partial charge in [0.2, 0.25) is 6.41 Å². The Morgan fingerprint density at radius 3 is 2.63 bits per heavy atom. The predicted octanol–water partition coefficient (Wildman–Crippen LogP) is 2.10. The van der Waals surface area contributed by atoms with E-state index in [-0.39, 0.29) is 12.6 Å². The summed E-state index contributed by atoms with van der Waals surface area (Å²) in [5.41, 5.74) is 2.25. The first-order chi connectivity index (χ1) is 19.8. The van der Waals surface area contributed by atoms with Crippen LogP contribution in [-0.4, -0.2) is 104 Å². The number of hydrogen-bond acceptors (Lipinski definition) is 10. The molecule has 5 rings (SSSR count). The number of thiazole rings is 1. The van der Waals surface area contributed by atoms with Crippen LogP contribution in [0.2, 0.25) is 0 Å². The fourth-order valence-electron chi connectivity index (χ4n) is 6.08. The van der Waals surface area contributed by atoms with Crippen molar-refractivity contribution in [3.8, 4) is 0 Å². The zero-order chi connectivity index (χ0) is 29.0. The monoisotopic (exact) mass is 580 g/mol. The summed E-state index contributed by atoms with van der Waals surface area (Å²) < 4.78 is 5.02. The van der Waals surface area contributed by atoms with Gasteiger partial charge in [0, 0.05) is 62.7 Å². The van der Waals surface area contributed by atoms with E-state index in [9.17, 15) is 19.5 Å². The average Bonchev–Trinajstić information content (AvgIpc) is 3.71. The molecular weight excluding hydrogens is 544 g/mol. The zero-order valence-corrected chi connectivity index (χ0v) is 24.2. The van der Waals surface area contributed by atoms with Gasteiger partial charge in [-0.15, -0.1) is 11.3 Å². The van der Waals surface area contributed by atoms with Crippen LogP contribution < -0.4 is 10.2 Å². The van der Waals surface area contributed by atoms with E-state index < -0.39 is 17.4 Å². The molecule has 1 unspecified atom stereocenters. The van der Waals surface area contributed by atoms with Crippen LogP contribution in [0, 0.1) is 0 Å². The minimum absolute atomic E-state index is 0.0796. The first-order valence-electron chi connectivity index (χ1n) is 13.8. The molecule has 2 fully saturated rings. The van der Waals surface area contributed by atoms with Crippen LogP contribution in [0.25, 0.3) is 0 Å². The highest BCUT2D eigenvalue weighted by atomic mass is 32.1. The van der Waals surface area contributed by atoms with E-state index in [0.29, 0.717) is 57.0 Å². The number of rotatable bonds is 10. The number of aliphatic carboxylic acids is 1. The molecule has 3 heterocycles. The van der Waals surface area contributed by atoms with Gasteiger partial charge in [-0.05, 0) is 30.5 Å². The van der Waals surface area contributed by atoms with E-state index in [1.165, 1.54) is 18.4 Å². The Morgan fingerprint density at radius 1 is 1.24 bits per heavy atom. The lowest BCUT2D eigenvalue weighted by molar-refractivity contribution is -0.143. The largest absolute Gasteiger partial charge is 0.481 e. The van der Waals surface area contributed by atoms with Crippen molar-refractivity contribution in [2.24, 2.45) is 4.99 Å². The summed E-state index contributed by atoms with van der Waals surface area (Å²) >= 11 is 1.47. The van der Waals surface area contributed by atoms with Crippen LogP contribution in [-0.2, 0) is 24.5 Å². The Hall–Kier alpha value is -3.77. The van der Waals surface area contributed by atoms with Gasteiger partial charge >= 0.3 is 11.9 Å². The smallest absolute Gasteiger partial charge is 0.337 e. The summed E-state index contributed by atoms with van der Waals surface area (Å²) in [7, 11) is 3.35. The van der Waals surface area contributed by atoms with Crippen LogP contribution >= 0.6 is 11.3 Å². The second kappa shape index (κ2) is 12.4. The number of benzene rings is 1. The van der Waals surface area contributed by atoms with Gasteiger partial charge in [0.1, 0.15) is 0 Å². The number of carboxylic acid groups (broad SMARTS) is 1. The third-order valence-electron chi connectivity index (χ3n) is 8.44. The minimum atomic E-state index is -0.787. The minimum Gasteiger partial charge on any atom is -0.481 e. The third kappa shape index (κ3) is 5.98. The molecule has 3 aliphatic rings. The molecule has 1 saturated heterocycles. The molecule has 0 bridgehead atoms. The number of anilines is 1. The molecule has 1 aliphatic carbocycles. The topological polar surface area (TPSA) is 128 Å². The summed E-state index contributed by atoms with van der Waals surface area (Å²) in [4.78, 5) is 51.6. The number of aromatic nitrogens is 1. The molecule has 1 aromatic carbocycles. The van der Waals surface area contributed by atoms with Crippen LogP contribution in [0.5, 0.6) is 0 Å². The molecule has 12 heteroatoms. The Morgan fingerprint density at radius 2 is 2.00 bits per heavy atom. The molecule has 1 aromatic heterocycles. The normalized spacial score (nSPS) is 20.8. The molecule has 1 saturated carbocycles. The maximum absolute atomic E-state index is 12.5. The lowest BCUT2D eigenvalue weighted by Crippen LogP contribution is -2.57. The summed E-state index contributed by atoms with van der Waals surface area (Å²) in [6, 6.07) is 7.75. The molecular formula is C29H36N6O5S. The van der Waals surface area contributed by atoms with Crippen molar-refractivity contribution in [2.45, 2.75) is 37.1 Å². The van der Waals surface area contributed by atoms with Crippen molar-refractivity contribution in [3.63, 3.8) is 0 Å². The fraction of sp³-hybridized carbons (Fsp3) is 0.483. The quantitative estimate of drug-likeness (QED) is 0.321. The number of ether oxygens (including phenoxy) is 1. The summed E-state index contributed by atoms with van der Waals surface area (Å²) in [5.74, 6) is -0.526. The number of nitrogens with zero attached hydrogens (tertiary/aromatic N) is 5. The number of amides is 1. The number of hydrogen-bond donors (Lipinski definition) is 2. The Bertz CT molecular complexity index is 1320. The highest BCUT2D eigenvalue weighted by Gasteiger charge is 2.42. The van der Waals surface area contributed by atoms with Gasteiger partial charge in [0.25, 0.3) is 0 Å². The fourth-order valence-corrected chi connectivity index (χ4v) is 6.68. The van der Waals surface area contributed by atoms with Gasteiger partial charge in [-0.3, -0.25) is 19.5 Å². The number of amidine groups is 1. The van der Waals surface area contributed by atoms with E-state index in [1.807, 2.05) is 41.6 Å². The average molecular weight is 581 g/mol. The van der Waals surface area contributed by atoms with E-state index in [4.69, 9.17) is 4.74 Å². The lowest BCUT2D eigenvalue weighted by Gasteiger charge is -2.42. The third-order valence-corrected chi connectivity index (χ3v) is 9.22. The first kappa shape index (κ1) is 28.7. The van der Waals surface area contributed by atoms with E-state index in [0.717, 1.165) is 41.2 Å². The van der Waals surface area contributed by atoms with Crippen LogP contribution in [0.4, 0.5) is 5.69 Å². The number of carboxylic acids is 1. The second-order valence-electron chi connectivity index (χ2n) is 10.8. The number of carbonyl (C=O) groups is 3. The Balaban J connectivity index is 1.27. The van der Waals surface area contributed by atoms with Crippen molar-refractivity contribution in [1.29, 1.82) is 0 Å². The molecule has 2 N–H and O–H groups in total. The van der Waals surface area contributed by atoms with Gasteiger partial charge < -0.3 is 25.0 Å². The van der Waals surface area contributed by atoms with E-state index >= 15 is 0 Å². The van der Waals surface area contributed by atoms with Crippen LogP contribution in [0.3, 0.4) is 0 Å². The highest BCUT2D eigenvalue weighted by Crippen LogP contribution is 2.41. The SMILES string of the molecule is COC(=O)C1=C(CN2CCN(C=O)C(CN(C)c3ccc(C4(C(=O)O)CCCC4)cc3)C2)NC(c2nccs2)=NC1. The molecule has 2 aliphatic heterocycles. The number of nitrogens with one attached hydrogen (secondary N) is 1.